The maximum absolute atomic E-state index is 14.5. The zero-order chi connectivity index (χ0) is 19.5. The fourth-order valence-electron chi connectivity index (χ4n) is 3.71. The molecular formula is C21H21FN4OS. The first-order valence-electron chi connectivity index (χ1n) is 9.22. The van der Waals surface area contributed by atoms with E-state index in [4.69, 9.17) is 12.2 Å². The van der Waals surface area contributed by atoms with Crippen molar-refractivity contribution in [2.75, 3.05) is 13.2 Å². The smallest absolute Gasteiger partial charge is 0.170 e. The zero-order valence-corrected chi connectivity index (χ0v) is 16.0. The second-order valence-electron chi connectivity index (χ2n) is 6.65. The van der Waals surface area contributed by atoms with E-state index < -0.39 is 0 Å². The van der Waals surface area contributed by atoms with Crippen molar-refractivity contribution in [1.29, 1.82) is 0 Å². The highest BCUT2D eigenvalue weighted by atomic mass is 32.1. The Morgan fingerprint density at radius 3 is 2.68 bits per heavy atom. The molecule has 2 atom stereocenters. The molecule has 1 fully saturated rings. The number of para-hydroxylation sites is 1. The maximum Gasteiger partial charge on any atom is 0.170 e. The number of nitrogens with one attached hydrogen (secondary N) is 1. The summed E-state index contributed by atoms with van der Waals surface area (Å²) < 4.78 is 16.4. The molecule has 1 aliphatic rings. The number of benzene rings is 1. The van der Waals surface area contributed by atoms with Gasteiger partial charge in [0.25, 0.3) is 0 Å². The SMILES string of the molecule is OCCCN1C(=S)NC(c2ccccn2)C1c1cccn1-c1ccccc1F. The molecule has 1 saturated heterocycles. The van der Waals surface area contributed by atoms with Gasteiger partial charge in [-0.05, 0) is 55.0 Å². The molecule has 144 valence electrons. The van der Waals surface area contributed by atoms with Crippen LogP contribution in [0, 0.1) is 5.82 Å². The Bertz CT molecular complexity index is 962. The lowest BCUT2D eigenvalue weighted by Crippen LogP contribution is -2.31. The van der Waals surface area contributed by atoms with Crippen molar-refractivity contribution in [3.63, 3.8) is 0 Å². The van der Waals surface area contributed by atoms with Crippen LogP contribution in [-0.2, 0) is 0 Å². The minimum atomic E-state index is -0.287. The molecule has 0 aliphatic carbocycles. The highest BCUT2D eigenvalue weighted by molar-refractivity contribution is 7.80. The molecule has 1 aliphatic heterocycles. The summed E-state index contributed by atoms with van der Waals surface area (Å²) in [4.78, 5) is 6.56. The Labute approximate surface area is 168 Å². The Kier molecular flexibility index (Phi) is 5.36. The number of pyridine rings is 1. The average molecular weight is 396 g/mol. The van der Waals surface area contributed by atoms with Gasteiger partial charge in [0.1, 0.15) is 5.82 Å². The normalized spacial score (nSPS) is 19.1. The van der Waals surface area contributed by atoms with Gasteiger partial charge in [-0.2, -0.15) is 0 Å². The van der Waals surface area contributed by atoms with E-state index >= 15 is 0 Å². The van der Waals surface area contributed by atoms with E-state index in [1.165, 1.54) is 6.07 Å². The third kappa shape index (κ3) is 3.39. The first-order valence-corrected chi connectivity index (χ1v) is 9.62. The van der Waals surface area contributed by atoms with Gasteiger partial charge in [0.2, 0.25) is 0 Å². The summed E-state index contributed by atoms with van der Waals surface area (Å²) in [6, 6.07) is 16.0. The Morgan fingerprint density at radius 1 is 1.11 bits per heavy atom. The number of rotatable bonds is 6. The van der Waals surface area contributed by atoms with Crippen LogP contribution in [0.3, 0.4) is 0 Å². The molecule has 4 rings (SSSR count). The number of halogens is 1. The molecule has 5 nitrogen and oxygen atoms in total. The van der Waals surface area contributed by atoms with Gasteiger partial charge < -0.3 is 19.9 Å². The molecule has 3 heterocycles. The van der Waals surface area contributed by atoms with E-state index in [0.717, 1.165) is 11.4 Å². The van der Waals surface area contributed by atoms with Gasteiger partial charge in [-0.1, -0.05) is 18.2 Å². The maximum atomic E-state index is 14.5. The topological polar surface area (TPSA) is 53.3 Å². The van der Waals surface area contributed by atoms with Crippen molar-refractivity contribution in [1.82, 2.24) is 19.8 Å². The van der Waals surface area contributed by atoms with Crippen LogP contribution < -0.4 is 5.32 Å². The molecule has 2 N–H and O–H groups in total. The largest absolute Gasteiger partial charge is 0.396 e. The Morgan fingerprint density at radius 2 is 1.93 bits per heavy atom. The van der Waals surface area contributed by atoms with Crippen molar-refractivity contribution in [3.8, 4) is 5.69 Å². The molecule has 28 heavy (non-hydrogen) atoms. The summed E-state index contributed by atoms with van der Waals surface area (Å²) in [5.74, 6) is -0.287. The summed E-state index contributed by atoms with van der Waals surface area (Å²) >= 11 is 5.59. The van der Waals surface area contributed by atoms with Crippen LogP contribution >= 0.6 is 12.2 Å². The van der Waals surface area contributed by atoms with Gasteiger partial charge in [0.05, 0.1) is 23.5 Å². The van der Waals surface area contributed by atoms with Crippen LogP contribution in [0.2, 0.25) is 0 Å². The molecule has 7 heteroatoms. The average Bonchev–Trinajstić information content (AvgIpc) is 3.31. The quantitative estimate of drug-likeness (QED) is 0.626. The van der Waals surface area contributed by atoms with E-state index in [1.807, 2.05) is 47.2 Å². The number of hydrogen-bond acceptors (Lipinski definition) is 3. The summed E-state index contributed by atoms with van der Waals surface area (Å²) in [7, 11) is 0. The predicted molar refractivity (Wildman–Crippen MR) is 110 cm³/mol. The summed E-state index contributed by atoms with van der Waals surface area (Å²) in [5, 5.41) is 13.3. The van der Waals surface area contributed by atoms with Crippen LogP contribution in [0.25, 0.3) is 5.69 Å². The molecule has 3 aromatic rings. The van der Waals surface area contributed by atoms with Crippen LogP contribution in [0.1, 0.15) is 29.9 Å². The number of nitrogens with zero attached hydrogens (tertiary/aromatic N) is 3. The molecule has 0 saturated carbocycles. The van der Waals surface area contributed by atoms with Crippen molar-refractivity contribution in [2.24, 2.45) is 0 Å². The van der Waals surface area contributed by atoms with Gasteiger partial charge in [-0.15, -0.1) is 0 Å². The lowest BCUT2D eigenvalue weighted by molar-refractivity contribution is 0.244. The Hall–Kier alpha value is -2.77. The van der Waals surface area contributed by atoms with Gasteiger partial charge in [0.15, 0.2) is 5.11 Å². The molecule has 2 aromatic heterocycles. The van der Waals surface area contributed by atoms with Crippen molar-refractivity contribution in [2.45, 2.75) is 18.5 Å². The van der Waals surface area contributed by atoms with E-state index in [2.05, 4.69) is 15.2 Å². The molecule has 0 amide bonds. The second-order valence-corrected chi connectivity index (χ2v) is 7.04. The molecule has 2 unspecified atom stereocenters. The standard InChI is InChI=1S/C21H21FN4OS/c22-15-7-1-2-9-17(15)25-12-5-10-18(25)20-19(16-8-3-4-11-23-16)24-21(28)26(20)13-6-14-27/h1-5,7-12,19-20,27H,6,13-14H2,(H,24,28). The van der Waals surface area contributed by atoms with Crippen LogP contribution in [0.5, 0.6) is 0 Å². The highest BCUT2D eigenvalue weighted by Crippen LogP contribution is 2.39. The first-order chi connectivity index (χ1) is 13.7. The monoisotopic (exact) mass is 396 g/mol. The zero-order valence-electron chi connectivity index (χ0n) is 15.2. The fraction of sp³-hybridized carbons (Fsp3) is 0.238. The molecule has 0 radical (unpaired) electrons. The van der Waals surface area contributed by atoms with Gasteiger partial charge >= 0.3 is 0 Å². The van der Waals surface area contributed by atoms with Crippen molar-refractivity contribution in [3.05, 3.63) is 84.2 Å². The summed E-state index contributed by atoms with van der Waals surface area (Å²) in [5.41, 5.74) is 2.26. The van der Waals surface area contributed by atoms with E-state index in [1.54, 1.807) is 18.3 Å². The first kappa shape index (κ1) is 18.6. The number of aromatic nitrogens is 2. The van der Waals surface area contributed by atoms with Crippen LogP contribution in [-0.4, -0.2) is 37.8 Å². The number of hydrogen-bond donors (Lipinski definition) is 2. The second kappa shape index (κ2) is 8.08. The lowest BCUT2D eigenvalue weighted by atomic mass is 10.0. The molecule has 1 aromatic carbocycles. The van der Waals surface area contributed by atoms with Gasteiger partial charge in [0, 0.05) is 31.2 Å². The van der Waals surface area contributed by atoms with E-state index in [9.17, 15) is 9.50 Å². The highest BCUT2D eigenvalue weighted by Gasteiger charge is 2.41. The number of thiocarbonyl (C=S) groups is 1. The van der Waals surface area contributed by atoms with E-state index in [-0.39, 0.29) is 24.5 Å². The van der Waals surface area contributed by atoms with Gasteiger partial charge in [-0.3, -0.25) is 4.98 Å². The van der Waals surface area contributed by atoms with Crippen LogP contribution in [0.4, 0.5) is 4.39 Å². The number of aliphatic hydroxyl groups excluding tert-OH is 1. The molecular weight excluding hydrogens is 375 g/mol. The third-order valence-electron chi connectivity index (χ3n) is 4.95. The van der Waals surface area contributed by atoms with Gasteiger partial charge in [-0.25, -0.2) is 4.39 Å². The fourth-order valence-corrected chi connectivity index (χ4v) is 4.04. The van der Waals surface area contributed by atoms with Crippen molar-refractivity contribution >= 4 is 17.3 Å². The summed E-state index contributed by atoms with van der Waals surface area (Å²) in [6.07, 6.45) is 4.20. The molecule has 0 spiro atoms. The van der Waals surface area contributed by atoms with Crippen LogP contribution in [0.15, 0.2) is 67.0 Å². The third-order valence-corrected chi connectivity index (χ3v) is 5.30. The minimum absolute atomic E-state index is 0.0778. The summed E-state index contributed by atoms with van der Waals surface area (Å²) in [6.45, 7) is 0.674. The Balaban J connectivity index is 1.81. The molecule has 0 bridgehead atoms. The predicted octanol–water partition coefficient (Wildman–Crippen LogP) is 3.37. The lowest BCUT2D eigenvalue weighted by Gasteiger charge is -2.28. The number of aliphatic hydroxyl groups is 1. The minimum Gasteiger partial charge on any atom is -0.396 e. The van der Waals surface area contributed by atoms with Crippen molar-refractivity contribution < 1.29 is 9.50 Å². The van der Waals surface area contributed by atoms with E-state index in [0.29, 0.717) is 23.8 Å².